The molecule has 10 nitrogen and oxygen atoms in total. The van der Waals surface area contributed by atoms with Crippen LogP contribution < -0.4 is 15.2 Å². The van der Waals surface area contributed by atoms with Gasteiger partial charge in [-0.15, -0.1) is 0 Å². The van der Waals surface area contributed by atoms with Gasteiger partial charge in [0.15, 0.2) is 5.65 Å². The van der Waals surface area contributed by atoms with Crippen LogP contribution in [0, 0.1) is 13.8 Å². The van der Waals surface area contributed by atoms with E-state index in [1.807, 2.05) is 13.0 Å². The van der Waals surface area contributed by atoms with Crippen molar-refractivity contribution in [2.45, 2.75) is 18.7 Å². The fraction of sp³-hybridized carbons (Fsp3) is 0.233. The Morgan fingerprint density at radius 3 is 2.38 bits per heavy atom. The Balaban J connectivity index is 1.58. The van der Waals surface area contributed by atoms with Crippen molar-refractivity contribution in [3.63, 3.8) is 0 Å². The van der Waals surface area contributed by atoms with Crippen LogP contribution in [0.3, 0.4) is 0 Å². The second kappa shape index (κ2) is 10.9. The SMILES string of the molecule is COc1ccc(Cl)c(-n2cnc3c(cc(-c4ccc(N5CCOCC5)nc4)n3S(=O)(=O)c3ccc(C)cc3)c2=O)c1C. The van der Waals surface area contributed by atoms with E-state index in [4.69, 9.17) is 21.1 Å². The normalized spacial score (nSPS) is 14.0. The van der Waals surface area contributed by atoms with Gasteiger partial charge < -0.3 is 14.4 Å². The summed E-state index contributed by atoms with van der Waals surface area (Å²) in [5.74, 6) is 1.31. The molecule has 5 aromatic rings. The first-order valence-corrected chi connectivity index (χ1v) is 15.1. The van der Waals surface area contributed by atoms with Crippen LogP contribution in [0.1, 0.15) is 11.1 Å². The molecule has 0 amide bonds. The molecule has 1 aliphatic rings. The van der Waals surface area contributed by atoms with E-state index in [-0.39, 0.29) is 21.6 Å². The molecule has 6 rings (SSSR count). The summed E-state index contributed by atoms with van der Waals surface area (Å²) in [4.78, 5) is 25.3. The number of rotatable bonds is 6. The quantitative estimate of drug-likeness (QED) is 0.276. The Bertz CT molecular complexity index is 1960. The lowest BCUT2D eigenvalue weighted by atomic mass is 10.1. The van der Waals surface area contributed by atoms with E-state index in [2.05, 4.69) is 14.9 Å². The molecule has 0 unspecified atom stereocenters. The summed E-state index contributed by atoms with van der Waals surface area (Å²) in [6.07, 6.45) is 2.91. The first kappa shape index (κ1) is 28.0. The lowest BCUT2D eigenvalue weighted by molar-refractivity contribution is 0.122. The molecular formula is C30H28ClN5O5S. The average molecular weight is 606 g/mol. The van der Waals surface area contributed by atoms with Crippen molar-refractivity contribution in [1.82, 2.24) is 18.5 Å². The Kier molecular flexibility index (Phi) is 7.25. The molecule has 42 heavy (non-hydrogen) atoms. The second-order valence-corrected chi connectivity index (χ2v) is 12.2. The minimum absolute atomic E-state index is 0.000697. The third kappa shape index (κ3) is 4.73. The zero-order chi connectivity index (χ0) is 29.6. The number of fused-ring (bicyclic) bond motifs is 1. The highest BCUT2D eigenvalue weighted by atomic mass is 35.5. The topological polar surface area (TPSA) is 109 Å². The van der Waals surface area contributed by atoms with E-state index >= 15 is 0 Å². The number of nitrogens with zero attached hydrogens (tertiary/aromatic N) is 5. The van der Waals surface area contributed by atoms with Gasteiger partial charge in [-0.1, -0.05) is 29.3 Å². The maximum atomic E-state index is 14.1. The number of hydrogen-bond acceptors (Lipinski definition) is 8. The van der Waals surface area contributed by atoms with E-state index < -0.39 is 15.6 Å². The van der Waals surface area contributed by atoms with Gasteiger partial charge in [-0.2, -0.15) is 0 Å². The molecule has 2 aromatic carbocycles. The Hall–Kier alpha value is -4.19. The molecule has 0 N–H and O–H groups in total. The fourth-order valence-corrected chi connectivity index (χ4v) is 6.94. The van der Waals surface area contributed by atoms with Crippen LogP contribution in [0.2, 0.25) is 5.02 Å². The molecule has 0 radical (unpaired) electrons. The molecule has 12 heteroatoms. The largest absolute Gasteiger partial charge is 0.496 e. The number of aryl methyl sites for hydroxylation is 1. The van der Waals surface area contributed by atoms with Crippen molar-refractivity contribution < 1.29 is 17.9 Å². The van der Waals surface area contributed by atoms with Gasteiger partial charge in [-0.3, -0.25) is 9.36 Å². The number of methoxy groups -OCH3 is 1. The molecule has 0 aliphatic carbocycles. The number of morpholine rings is 1. The predicted molar refractivity (Wildman–Crippen MR) is 162 cm³/mol. The monoisotopic (exact) mass is 605 g/mol. The minimum atomic E-state index is -4.16. The van der Waals surface area contributed by atoms with Crippen molar-refractivity contribution in [3.05, 3.63) is 93.6 Å². The highest BCUT2D eigenvalue weighted by molar-refractivity contribution is 7.90. The van der Waals surface area contributed by atoms with Crippen molar-refractivity contribution in [1.29, 1.82) is 0 Å². The molecule has 0 saturated carbocycles. The summed E-state index contributed by atoms with van der Waals surface area (Å²) in [5, 5.41) is 0.435. The van der Waals surface area contributed by atoms with Crippen LogP contribution in [0.15, 0.2) is 76.8 Å². The Morgan fingerprint density at radius 1 is 0.976 bits per heavy atom. The maximum Gasteiger partial charge on any atom is 0.269 e. The maximum absolute atomic E-state index is 14.1. The summed E-state index contributed by atoms with van der Waals surface area (Å²) in [6.45, 7) is 6.32. The Labute approximate surface area is 247 Å². The van der Waals surface area contributed by atoms with Gasteiger partial charge in [0, 0.05) is 30.4 Å². The smallest absolute Gasteiger partial charge is 0.269 e. The van der Waals surface area contributed by atoms with Crippen LogP contribution >= 0.6 is 11.6 Å². The molecule has 0 bridgehead atoms. The molecular weight excluding hydrogens is 578 g/mol. The van der Waals surface area contributed by atoms with Gasteiger partial charge in [0.2, 0.25) is 0 Å². The molecule has 1 aliphatic heterocycles. The highest BCUT2D eigenvalue weighted by Gasteiger charge is 2.27. The van der Waals surface area contributed by atoms with Crippen LogP contribution in [0.4, 0.5) is 5.82 Å². The number of hydrogen-bond donors (Lipinski definition) is 0. The van der Waals surface area contributed by atoms with Gasteiger partial charge in [0.25, 0.3) is 15.6 Å². The number of benzene rings is 2. The highest BCUT2D eigenvalue weighted by Crippen LogP contribution is 2.33. The van der Waals surface area contributed by atoms with Gasteiger partial charge in [-0.05, 0) is 56.3 Å². The summed E-state index contributed by atoms with van der Waals surface area (Å²) in [6, 6.07) is 15.1. The van der Waals surface area contributed by atoms with E-state index in [1.165, 1.54) is 18.0 Å². The lowest BCUT2D eigenvalue weighted by Gasteiger charge is -2.27. The number of ether oxygens (including phenoxy) is 2. The first-order chi connectivity index (χ1) is 20.2. The molecule has 3 aromatic heterocycles. The van der Waals surface area contributed by atoms with Crippen molar-refractivity contribution in [2.24, 2.45) is 0 Å². The molecule has 1 fully saturated rings. The number of halogens is 1. The van der Waals surface area contributed by atoms with E-state index in [0.717, 1.165) is 15.4 Å². The number of aromatic nitrogens is 4. The van der Waals surface area contributed by atoms with Gasteiger partial charge in [-0.25, -0.2) is 22.4 Å². The predicted octanol–water partition coefficient (Wildman–Crippen LogP) is 4.60. The molecule has 0 spiro atoms. The zero-order valence-corrected chi connectivity index (χ0v) is 24.8. The van der Waals surface area contributed by atoms with Gasteiger partial charge in [0.05, 0.1) is 47.0 Å². The summed E-state index contributed by atoms with van der Waals surface area (Å²) >= 11 is 6.53. The van der Waals surface area contributed by atoms with Gasteiger partial charge in [0.1, 0.15) is 17.9 Å². The molecule has 216 valence electrons. The summed E-state index contributed by atoms with van der Waals surface area (Å²) < 4.78 is 41.5. The van der Waals surface area contributed by atoms with E-state index in [1.54, 1.807) is 61.7 Å². The van der Waals surface area contributed by atoms with Crippen LogP contribution in [0.25, 0.3) is 28.0 Å². The summed E-state index contributed by atoms with van der Waals surface area (Å²) in [5.41, 5.74) is 2.27. The van der Waals surface area contributed by atoms with Gasteiger partial charge >= 0.3 is 0 Å². The number of pyridine rings is 1. The van der Waals surface area contributed by atoms with Crippen molar-refractivity contribution in [2.75, 3.05) is 38.3 Å². The second-order valence-electron chi connectivity index (χ2n) is 10.00. The van der Waals surface area contributed by atoms with E-state index in [9.17, 15) is 13.2 Å². The summed E-state index contributed by atoms with van der Waals surface area (Å²) in [7, 11) is -2.63. The molecule has 4 heterocycles. The average Bonchev–Trinajstić information content (AvgIpc) is 3.41. The number of anilines is 1. The van der Waals surface area contributed by atoms with E-state index in [0.29, 0.717) is 53.9 Å². The Morgan fingerprint density at radius 2 is 1.71 bits per heavy atom. The minimum Gasteiger partial charge on any atom is -0.496 e. The van der Waals surface area contributed by atoms with Crippen LogP contribution in [0.5, 0.6) is 5.75 Å². The third-order valence-corrected chi connectivity index (χ3v) is 9.43. The fourth-order valence-electron chi connectivity index (χ4n) is 5.16. The van der Waals surface area contributed by atoms with Crippen molar-refractivity contribution in [3.8, 4) is 22.7 Å². The standard InChI is InChI=1S/C30H28ClN5O5S/c1-19-4-7-22(8-5-19)42(38,39)36-25(21-6-11-27(32-17-21)34-12-14-41-15-13-34)16-23-29(36)33-18-35(30(23)37)28-20(2)26(40-3)10-9-24(28)31/h4-11,16-18H,12-15H2,1-3H3. The molecule has 0 atom stereocenters. The lowest BCUT2D eigenvalue weighted by Crippen LogP contribution is -2.36. The van der Waals surface area contributed by atoms with Crippen LogP contribution in [-0.4, -0.2) is 60.3 Å². The molecule has 1 saturated heterocycles. The first-order valence-electron chi connectivity index (χ1n) is 13.3. The van der Waals surface area contributed by atoms with Crippen molar-refractivity contribution >= 4 is 38.5 Å². The third-order valence-electron chi connectivity index (χ3n) is 7.41. The van der Waals surface area contributed by atoms with Crippen LogP contribution in [-0.2, 0) is 14.8 Å². The zero-order valence-electron chi connectivity index (χ0n) is 23.2.